The highest BCUT2D eigenvalue weighted by Gasteiger charge is 2.48. The summed E-state index contributed by atoms with van der Waals surface area (Å²) in [5.74, 6) is -0.118. The molecule has 1 fully saturated rings. The van der Waals surface area contributed by atoms with E-state index in [4.69, 9.17) is 4.74 Å². The van der Waals surface area contributed by atoms with E-state index in [-0.39, 0.29) is 11.7 Å². The Bertz CT molecular complexity index is 239. The van der Waals surface area contributed by atoms with Crippen molar-refractivity contribution >= 4 is 21.0 Å². The maximum Gasteiger partial charge on any atom is 0.323 e. The van der Waals surface area contributed by atoms with Crippen LogP contribution < -0.4 is 0 Å². The van der Waals surface area contributed by atoms with Crippen molar-refractivity contribution in [3.8, 4) is 0 Å². The second kappa shape index (κ2) is 3.75. The molecule has 0 aliphatic heterocycles. The van der Waals surface area contributed by atoms with Gasteiger partial charge in [0, 0.05) is 6.42 Å². The summed E-state index contributed by atoms with van der Waals surface area (Å²) in [6, 6.07) is 0. The zero-order chi connectivity index (χ0) is 10.1. The monoisotopic (exact) mass is 202 g/mol. The van der Waals surface area contributed by atoms with Crippen molar-refractivity contribution < 1.29 is 14.3 Å². The molecule has 3 nitrogen and oxygen atoms in total. The number of hydrogen-bond acceptors (Lipinski definition) is 3. The lowest BCUT2D eigenvalue weighted by atomic mass is 10.1. The molecule has 0 aromatic carbocycles. The highest BCUT2D eigenvalue weighted by atomic mass is 31.0. The number of ketones is 1. The van der Waals surface area contributed by atoms with Crippen molar-refractivity contribution in [2.45, 2.75) is 31.8 Å². The molecule has 0 spiro atoms. The molecule has 1 saturated carbocycles. The number of carbonyl (C=O) groups is 2. The van der Waals surface area contributed by atoms with Crippen LogP contribution in [0.4, 0.5) is 0 Å². The second-order valence-electron chi connectivity index (χ2n) is 3.63. The van der Waals surface area contributed by atoms with Crippen molar-refractivity contribution in [1.29, 1.82) is 0 Å². The van der Waals surface area contributed by atoms with E-state index in [1.807, 2.05) is 6.92 Å². The number of esters is 1. The fourth-order valence-electron chi connectivity index (χ4n) is 1.69. The van der Waals surface area contributed by atoms with Crippen molar-refractivity contribution in [3.63, 3.8) is 0 Å². The summed E-state index contributed by atoms with van der Waals surface area (Å²) in [6.07, 6.45) is 1.08. The minimum Gasteiger partial charge on any atom is -0.465 e. The summed E-state index contributed by atoms with van der Waals surface area (Å²) in [6.45, 7) is 4.05. The fraction of sp³-hybridized carbons (Fsp3) is 0.778. The molecular weight excluding hydrogens is 187 g/mol. The third-order valence-corrected chi connectivity index (χ3v) is 3.13. The van der Waals surface area contributed by atoms with Crippen molar-refractivity contribution in [3.05, 3.63) is 0 Å². The summed E-state index contributed by atoms with van der Waals surface area (Å²) < 4.78 is 4.87. The van der Waals surface area contributed by atoms with Crippen molar-refractivity contribution in [2.24, 2.45) is 5.92 Å². The Morgan fingerprint density at radius 1 is 1.77 bits per heavy atom. The minimum absolute atomic E-state index is 0.0107. The maximum absolute atomic E-state index is 11.5. The van der Waals surface area contributed by atoms with Crippen LogP contribution in [0.5, 0.6) is 0 Å². The number of carbonyl (C=O) groups excluding carboxylic acids is 2. The van der Waals surface area contributed by atoms with E-state index in [0.717, 1.165) is 0 Å². The van der Waals surface area contributed by atoms with Crippen LogP contribution in [0.2, 0.25) is 0 Å². The van der Waals surface area contributed by atoms with Crippen LogP contribution in [0.1, 0.15) is 26.7 Å². The normalized spacial score (nSPS) is 33.5. The molecule has 0 aromatic rings. The third kappa shape index (κ3) is 1.91. The van der Waals surface area contributed by atoms with Crippen molar-refractivity contribution in [1.82, 2.24) is 0 Å². The second-order valence-corrected chi connectivity index (χ2v) is 4.61. The lowest BCUT2D eigenvalue weighted by Gasteiger charge is -2.19. The van der Waals surface area contributed by atoms with Gasteiger partial charge in [-0.05, 0) is 19.3 Å². The largest absolute Gasteiger partial charge is 0.465 e. The Morgan fingerprint density at radius 2 is 2.38 bits per heavy atom. The van der Waals surface area contributed by atoms with Gasteiger partial charge in [-0.3, -0.25) is 9.59 Å². The predicted molar refractivity (Wildman–Crippen MR) is 52.5 cm³/mol. The van der Waals surface area contributed by atoms with E-state index in [1.165, 1.54) is 0 Å². The number of ether oxygens (including phenoxy) is 1. The zero-order valence-electron chi connectivity index (χ0n) is 8.00. The summed E-state index contributed by atoms with van der Waals surface area (Å²) in [7, 11) is 2.36. The van der Waals surface area contributed by atoms with Gasteiger partial charge in [0.25, 0.3) is 0 Å². The van der Waals surface area contributed by atoms with Gasteiger partial charge in [0.15, 0.2) is 5.78 Å². The first-order chi connectivity index (χ1) is 6.00. The van der Waals surface area contributed by atoms with Crippen LogP contribution in [-0.2, 0) is 14.3 Å². The molecule has 74 valence electrons. The van der Waals surface area contributed by atoms with Gasteiger partial charge in [0.1, 0.15) is 5.16 Å². The Kier molecular flexibility index (Phi) is 3.07. The molecule has 0 aromatic heterocycles. The van der Waals surface area contributed by atoms with Gasteiger partial charge in [0.2, 0.25) is 0 Å². The fourth-order valence-corrected chi connectivity index (χ4v) is 2.29. The van der Waals surface area contributed by atoms with Gasteiger partial charge in [0.05, 0.1) is 6.61 Å². The molecule has 0 saturated heterocycles. The van der Waals surface area contributed by atoms with Gasteiger partial charge < -0.3 is 4.74 Å². The van der Waals surface area contributed by atoms with Crippen LogP contribution in [0, 0.1) is 5.92 Å². The predicted octanol–water partition coefficient (Wildman–Crippen LogP) is 1.16. The standard InChI is InChI=1S/C9H15O3P/c1-3-12-8(11)9(13)5-6(2)4-7(9)10/h6H,3-5,13H2,1-2H3. The average Bonchev–Trinajstić information content (AvgIpc) is 2.28. The van der Waals surface area contributed by atoms with Crippen LogP contribution in [0.15, 0.2) is 0 Å². The first kappa shape index (κ1) is 10.6. The molecule has 1 aliphatic rings. The molecule has 0 amide bonds. The molecule has 13 heavy (non-hydrogen) atoms. The average molecular weight is 202 g/mol. The van der Waals surface area contributed by atoms with Gasteiger partial charge in [-0.15, -0.1) is 9.24 Å². The first-order valence-corrected chi connectivity index (χ1v) is 5.08. The highest BCUT2D eigenvalue weighted by molar-refractivity contribution is 7.23. The van der Waals surface area contributed by atoms with Gasteiger partial charge >= 0.3 is 5.97 Å². The maximum atomic E-state index is 11.5. The molecule has 0 radical (unpaired) electrons. The van der Waals surface area contributed by atoms with Gasteiger partial charge in [-0.2, -0.15) is 0 Å². The SMILES string of the molecule is CCOC(=O)C1(P)CC(C)CC1=O. The Labute approximate surface area is 80.4 Å². The Morgan fingerprint density at radius 3 is 2.77 bits per heavy atom. The van der Waals surface area contributed by atoms with E-state index >= 15 is 0 Å². The lowest BCUT2D eigenvalue weighted by Crippen LogP contribution is -2.37. The van der Waals surface area contributed by atoms with Crippen molar-refractivity contribution in [2.75, 3.05) is 6.61 Å². The first-order valence-electron chi connectivity index (χ1n) is 4.50. The Balaban J connectivity index is 2.75. The lowest BCUT2D eigenvalue weighted by molar-refractivity contribution is -0.148. The molecular formula is C9H15O3P. The molecule has 4 heteroatoms. The van der Waals surface area contributed by atoms with Crippen LogP contribution >= 0.6 is 9.24 Å². The highest BCUT2D eigenvalue weighted by Crippen LogP contribution is 2.39. The van der Waals surface area contributed by atoms with E-state index in [9.17, 15) is 9.59 Å². The molecule has 3 unspecified atom stereocenters. The summed E-state index contributed by atoms with van der Waals surface area (Å²) in [5.41, 5.74) is 0. The number of Topliss-reactive ketones (excluding diaryl/α,β-unsaturated/α-hetero) is 1. The van der Waals surface area contributed by atoms with E-state index in [1.54, 1.807) is 6.92 Å². The van der Waals surface area contributed by atoms with Crippen LogP contribution in [-0.4, -0.2) is 23.5 Å². The molecule has 0 bridgehead atoms. The molecule has 1 rings (SSSR count). The van der Waals surface area contributed by atoms with Crippen LogP contribution in [0.3, 0.4) is 0 Å². The molecule has 1 aliphatic carbocycles. The summed E-state index contributed by atoms with van der Waals surface area (Å²) in [5, 5.41) is -0.949. The topological polar surface area (TPSA) is 43.4 Å². The van der Waals surface area contributed by atoms with Crippen LogP contribution in [0.25, 0.3) is 0 Å². The van der Waals surface area contributed by atoms with E-state index in [2.05, 4.69) is 9.24 Å². The minimum atomic E-state index is -0.949. The zero-order valence-corrected chi connectivity index (χ0v) is 9.16. The number of rotatable bonds is 2. The summed E-state index contributed by atoms with van der Waals surface area (Å²) in [4.78, 5) is 23.0. The van der Waals surface area contributed by atoms with Gasteiger partial charge in [-0.25, -0.2) is 0 Å². The van der Waals surface area contributed by atoms with Gasteiger partial charge in [-0.1, -0.05) is 6.92 Å². The number of hydrogen-bond donors (Lipinski definition) is 0. The third-order valence-electron chi connectivity index (χ3n) is 2.34. The Hall–Kier alpha value is -0.430. The molecule has 0 heterocycles. The summed E-state index contributed by atoms with van der Waals surface area (Å²) >= 11 is 0. The molecule has 0 N–H and O–H groups in total. The quantitative estimate of drug-likeness (QED) is 0.383. The van der Waals surface area contributed by atoms with E-state index < -0.39 is 11.1 Å². The van der Waals surface area contributed by atoms with E-state index in [0.29, 0.717) is 19.4 Å². The smallest absolute Gasteiger partial charge is 0.323 e. The molecule has 3 atom stereocenters.